The second kappa shape index (κ2) is 5.20. The van der Waals surface area contributed by atoms with Gasteiger partial charge in [-0.3, -0.25) is 4.72 Å². The van der Waals surface area contributed by atoms with E-state index in [0.717, 1.165) is 14.6 Å². The minimum absolute atomic E-state index is 0.242. The number of nitrogens with one attached hydrogen (secondary N) is 1. The van der Waals surface area contributed by atoms with Gasteiger partial charge >= 0.3 is 0 Å². The summed E-state index contributed by atoms with van der Waals surface area (Å²) < 4.78 is 29.1. The molecule has 20 heavy (non-hydrogen) atoms. The molecule has 3 nitrogen and oxygen atoms in total. The molecule has 0 atom stereocenters. The molecule has 0 aliphatic carbocycles. The molecule has 0 saturated carbocycles. The summed E-state index contributed by atoms with van der Waals surface area (Å²) in [5.74, 6) is 0. The number of benzene rings is 2. The lowest BCUT2D eigenvalue weighted by Gasteiger charge is -2.08. The zero-order valence-electron chi connectivity index (χ0n) is 10.2. The number of anilines is 1. The number of rotatable bonds is 3. The largest absolute Gasteiger partial charge is 0.280 e. The zero-order chi connectivity index (χ0) is 14.2. The Morgan fingerprint density at radius 3 is 2.50 bits per heavy atom. The molecule has 1 N–H and O–H groups in total. The quantitative estimate of drug-likeness (QED) is 0.742. The third kappa shape index (κ3) is 2.72. The number of halogens is 1. The molecule has 0 aliphatic rings. The first-order valence-corrected chi connectivity index (χ1v) is 8.96. The second-order valence-electron chi connectivity index (χ2n) is 4.23. The van der Waals surface area contributed by atoms with E-state index in [2.05, 4.69) is 20.7 Å². The van der Waals surface area contributed by atoms with Crippen LogP contribution in [0, 0.1) is 0 Å². The molecule has 3 rings (SSSR count). The molecular weight excluding hydrogens is 358 g/mol. The number of hydrogen-bond donors (Lipinski definition) is 1. The number of sulfonamides is 1. The average molecular weight is 368 g/mol. The van der Waals surface area contributed by atoms with E-state index >= 15 is 0 Å². The summed E-state index contributed by atoms with van der Waals surface area (Å²) in [5.41, 5.74) is 0.568. The minimum Gasteiger partial charge on any atom is -0.280 e. The Bertz CT molecular complexity index is 854. The zero-order valence-corrected chi connectivity index (χ0v) is 13.4. The first-order chi connectivity index (χ1) is 9.54. The van der Waals surface area contributed by atoms with E-state index in [0.29, 0.717) is 5.69 Å². The van der Waals surface area contributed by atoms with Gasteiger partial charge in [0.2, 0.25) is 0 Å². The lowest BCUT2D eigenvalue weighted by molar-refractivity contribution is 0.601. The van der Waals surface area contributed by atoms with Crippen molar-refractivity contribution in [3.63, 3.8) is 0 Å². The van der Waals surface area contributed by atoms with E-state index in [9.17, 15) is 8.42 Å². The lowest BCUT2D eigenvalue weighted by atomic mass is 10.2. The standard InChI is InChI=1S/C14H10BrNO2S2/c15-11-1-4-13(5-2-11)20(17,18)16-12-3-6-14-10(9-12)7-8-19-14/h1-9,16H. The van der Waals surface area contributed by atoms with Crippen LogP contribution in [-0.2, 0) is 10.0 Å². The Kier molecular flexibility index (Phi) is 3.54. The maximum Gasteiger partial charge on any atom is 0.261 e. The van der Waals surface area contributed by atoms with Crippen LogP contribution in [0.5, 0.6) is 0 Å². The molecule has 0 amide bonds. The van der Waals surface area contributed by atoms with Crippen LogP contribution in [0.1, 0.15) is 0 Å². The molecule has 0 bridgehead atoms. The maximum absolute atomic E-state index is 12.3. The van der Waals surface area contributed by atoms with E-state index < -0.39 is 10.0 Å². The number of fused-ring (bicyclic) bond motifs is 1. The highest BCUT2D eigenvalue weighted by Crippen LogP contribution is 2.25. The number of thiophene rings is 1. The van der Waals surface area contributed by atoms with Crippen LogP contribution in [0.2, 0.25) is 0 Å². The predicted octanol–water partition coefficient (Wildman–Crippen LogP) is 4.46. The predicted molar refractivity (Wildman–Crippen MR) is 86.8 cm³/mol. The van der Waals surface area contributed by atoms with Gasteiger partial charge in [-0.2, -0.15) is 0 Å². The van der Waals surface area contributed by atoms with Gasteiger partial charge in [-0.05, 0) is 59.3 Å². The van der Waals surface area contributed by atoms with Crippen molar-refractivity contribution in [3.05, 3.63) is 58.4 Å². The smallest absolute Gasteiger partial charge is 0.261 e. The molecule has 3 aromatic rings. The van der Waals surface area contributed by atoms with Gasteiger partial charge < -0.3 is 0 Å². The van der Waals surface area contributed by atoms with Crippen LogP contribution < -0.4 is 4.72 Å². The molecule has 0 unspecified atom stereocenters. The fourth-order valence-corrected chi connectivity index (χ4v) is 3.94. The molecular formula is C14H10BrNO2S2. The van der Waals surface area contributed by atoms with Crippen LogP contribution in [0.4, 0.5) is 5.69 Å². The van der Waals surface area contributed by atoms with Gasteiger partial charge in [0.15, 0.2) is 0 Å². The third-order valence-corrected chi connectivity index (χ3v) is 5.65. The fourth-order valence-electron chi connectivity index (χ4n) is 1.86. The molecule has 0 aliphatic heterocycles. The second-order valence-corrected chi connectivity index (χ2v) is 7.78. The summed E-state index contributed by atoms with van der Waals surface area (Å²) in [6.45, 7) is 0. The Morgan fingerprint density at radius 2 is 1.75 bits per heavy atom. The van der Waals surface area contributed by atoms with Gasteiger partial charge in [-0.1, -0.05) is 15.9 Å². The van der Waals surface area contributed by atoms with E-state index in [1.807, 2.05) is 23.6 Å². The highest BCUT2D eigenvalue weighted by atomic mass is 79.9. The van der Waals surface area contributed by atoms with Gasteiger partial charge in [-0.25, -0.2) is 8.42 Å². The van der Waals surface area contributed by atoms with Crippen molar-refractivity contribution in [3.8, 4) is 0 Å². The van der Waals surface area contributed by atoms with Gasteiger partial charge in [0.1, 0.15) is 0 Å². The summed E-state index contributed by atoms with van der Waals surface area (Å²) in [6.07, 6.45) is 0. The van der Waals surface area contributed by atoms with Gasteiger partial charge in [-0.15, -0.1) is 11.3 Å². The van der Waals surface area contributed by atoms with Crippen molar-refractivity contribution in [2.45, 2.75) is 4.90 Å². The molecule has 1 aromatic heterocycles. The highest BCUT2D eigenvalue weighted by Gasteiger charge is 2.14. The van der Waals surface area contributed by atoms with Crippen LogP contribution in [0.3, 0.4) is 0 Å². The molecule has 0 saturated heterocycles. The minimum atomic E-state index is -3.55. The first kappa shape index (κ1) is 13.6. The normalized spacial score (nSPS) is 11.7. The van der Waals surface area contributed by atoms with Gasteiger partial charge in [0.05, 0.1) is 4.90 Å². The van der Waals surface area contributed by atoms with Crippen LogP contribution >= 0.6 is 27.3 Å². The summed E-state index contributed by atoms with van der Waals surface area (Å²) in [7, 11) is -3.55. The molecule has 0 spiro atoms. The molecule has 102 valence electrons. The van der Waals surface area contributed by atoms with E-state index in [-0.39, 0.29) is 4.90 Å². The molecule has 0 radical (unpaired) electrons. The van der Waals surface area contributed by atoms with Crippen LogP contribution in [0.25, 0.3) is 10.1 Å². The Hall–Kier alpha value is -1.37. The Morgan fingerprint density at radius 1 is 1.00 bits per heavy atom. The maximum atomic E-state index is 12.3. The fraction of sp³-hybridized carbons (Fsp3) is 0. The summed E-state index contributed by atoms with van der Waals surface area (Å²) in [4.78, 5) is 0.242. The van der Waals surface area contributed by atoms with Gasteiger partial charge in [0.25, 0.3) is 10.0 Å². The van der Waals surface area contributed by atoms with E-state index in [1.165, 1.54) is 0 Å². The highest BCUT2D eigenvalue weighted by molar-refractivity contribution is 9.10. The Labute approximate surface area is 129 Å². The topological polar surface area (TPSA) is 46.2 Å². The van der Waals surface area contributed by atoms with Crippen molar-refractivity contribution in [1.29, 1.82) is 0 Å². The monoisotopic (exact) mass is 367 g/mol. The van der Waals surface area contributed by atoms with Crippen LogP contribution in [-0.4, -0.2) is 8.42 Å². The lowest BCUT2D eigenvalue weighted by Crippen LogP contribution is -2.12. The van der Waals surface area contributed by atoms with Crippen molar-refractivity contribution < 1.29 is 8.42 Å². The molecule has 2 aromatic carbocycles. The van der Waals surface area contributed by atoms with E-state index in [4.69, 9.17) is 0 Å². The van der Waals surface area contributed by atoms with Crippen molar-refractivity contribution in [2.24, 2.45) is 0 Å². The van der Waals surface area contributed by atoms with E-state index in [1.54, 1.807) is 41.7 Å². The average Bonchev–Trinajstić information content (AvgIpc) is 2.86. The molecule has 1 heterocycles. The number of hydrogen-bond acceptors (Lipinski definition) is 3. The Balaban J connectivity index is 1.94. The van der Waals surface area contributed by atoms with Gasteiger partial charge in [0, 0.05) is 14.9 Å². The van der Waals surface area contributed by atoms with Crippen molar-refractivity contribution >= 4 is 53.1 Å². The molecule has 0 fully saturated rings. The summed E-state index contributed by atoms with van der Waals surface area (Å²) in [6, 6.07) is 14.0. The SMILES string of the molecule is O=S(=O)(Nc1ccc2sccc2c1)c1ccc(Br)cc1. The van der Waals surface area contributed by atoms with Crippen LogP contribution in [0.15, 0.2) is 63.3 Å². The molecule has 6 heteroatoms. The summed E-state index contributed by atoms with van der Waals surface area (Å²) in [5, 5.41) is 3.02. The summed E-state index contributed by atoms with van der Waals surface area (Å²) >= 11 is 4.92. The third-order valence-electron chi connectivity index (χ3n) is 2.83. The first-order valence-electron chi connectivity index (χ1n) is 5.80. The van der Waals surface area contributed by atoms with Crippen molar-refractivity contribution in [2.75, 3.05) is 4.72 Å². The van der Waals surface area contributed by atoms with Crippen molar-refractivity contribution in [1.82, 2.24) is 0 Å².